The Balaban J connectivity index is 0.00000361. The van der Waals surface area contributed by atoms with E-state index in [0.29, 0.717) is 11.6 Å². The van der Waals surface area contributed by atoms with Gasteiger partial charge in [-0.3, -0.25) is 4.79 Å². The Morgan fingerprint density at radius 2 is 1.75 bits per heavy atom. The van der Waals surface area contributed by atoms with Gasteiger partial charge >= 0.3 is 0 Å². The zero-order valence-electron chi connectivity index (χ0n) is 12.3. The van der Waals surface area contributed by atoms with Gasteiger partial charge in [0.15, 0.2) is 0 Å². The molecule has 2 N–H and O–H groups in total. The van der Waals surface area contributed by atoms with Gasteiger partial charge in [0.1, 0.15) is 0 Å². The van der Waals surface area contributed by atoms with E-state index in [9.17, 15) is 4.79 Å². The SMILES string of the molecule is CCCNCCNC(=O)C(C)(C)c1ccc(Cl)cc1.Cl. The Labute approximate surface area is 132 Å². The number of hydrogen-bond acceptors (Lipinski definition) is 2. The molecule has 0 radical (unpaired) electrons. The van der Waals surface area contributed by atoms with Crippen molar-refractivity contribution in [1.82, 2.24) is 10.6 Å². The Kier molecular flexibility index (Phi) is 8.86. The number of benzene rings is 1. The first-order valence-corrected chi connectivity index (χ1v) is 7.11. The Hall–Kier alpha value is -0.770. The molecule has 0 atom stereocenters. The standard InChI is InChI=1S/C15H23ClN2O.ClH/c1-4-9-17-10-11-18-14(19)15(2,3)12-5-7-13(16)8-6-12;/h5-8,17H,4,9-11H2,1-3H3,(H,18,19);1H. The fourth-order valence-corrected chi connectivity index (χ4v) is 1.91. The summed E-state index contributed by atoms with van der Waals surface area (Å²) >= 11 is 5.86. The van der Waals surface area contributed by atoms with Gasteiger partial charge in [0.25, 0.3) is 0 Å². The average Bonchev–Trinajstić information content (AvgIpc) is 2.38. The minimum atomic E-state index is -0.546. The molecule has 0 unspecified atom stereocenters. The van der Waals surface area contributed by atoms with E-state index in [1.165, 1.54) is 0 Å². The van der Waals surface area contributed by atoms with Crippen molar-refractivity contribution in [2.45, 2.75) is 32.6 Å². The molecule has 0 saturated carbocycles. The molecule has 20 heavy (non-hydrogen) atoms. The lowest BCUT2D eigenvalue weighted by atomic mass is 9.84. The van der Waals surface area contributed by atoms with E-state index in [4.69, 9.17) is 11.6 Å². The van der Waals surface area contributed by atoms with E-state index in [2.05, 4.69) is 17.6 Å². The Morgan fingerprint density at radius 3 is 2.30 bits per heavy atom. The van der Waals surface area contributed by atoms with Crippen LogP contribution in [0, 0.1) is 0 Å². The van der Waals surface area contributed by atoms with Crippen LogP contribution in [0.15, 0.2) is 24.3 Å². The molecule has 0 aliphatic carbocycles. The number of carbonyl (C=O) groups excluding carboxylic acids is 1. The average molecular weight is 319 g/mol. The van der Waals surface area contributed by atoms with E-state index in [0.717, 1.165) is 25.1 Å². The van der Waals surface area contributed by atoms with Gasteiger partial charge in [0.05, 0.1) is 5.41 Å². The first kappa shape index (κ1) is 19.2. The highest BCUT2D eigenvalue weighted by Gasteiger charge is 2.29. The van der Waals surface area contributed by atoms with Crippen LogP contribution in [0.4, 0.5) is 0 Å². The molecule has 1 amide bonds. The van der Waals surface area contributed by atoms with Gasteiger partial charge in [-0.15, -0.1) is 12.4 Å². The van der Waals surface area contributed by atoms with Crippen molar-refractivity contribution in [3.63, 3.8) is 0 Å². The fourth-order valence-electron chi connectivity index (χ4n) is 1.78. The number of nitrogens with one attached hydrogen (secondary N) is 2. The van der Waals surface area contributed by atoms with Crippen molar-refractivity contribution >= 4 is 29.9 Å². The summed E-state index contributed by atoms with van der Waals surface area (Å²) in [4.78, 5) is 12.2. The highest BCUT2D eigenvalue weighted by atomic mass is 35.5. The summed E-state index contributed by atoms with van der Waals surface area (Å²) in [6, 6.07) is 7.43. The van der Waals surface area contributed by atoms with Crippen molar-refractivity contribution in [2.24, 2.45) is 0 Å². The topological polar surface area (TPSA) is 41.1 Å². The van der Waals surface area contributed by atoms with Crippen LogP contribution in [-0.2, 0) is 10.2 Å². The maximum absolute atomic E-state index is 12.2. The first-order chi connectivity index (χ1) is 8.98. The lowest BCUT2D eigenvalue weighted by Gasteiger charge is -2.24. The zero-order valence-corrected chi connectivity index (χ0v) is 13.9. The van der Waals surface area contributed by atoms with E-state index >= 15 is 0 Å². The van der Waals surface area contributed by atoms with Gasteiger partial charge in [-0.2, -0.15) is 0 Å². The summed E-state index contributed by atoms with van der Waals surface area (Å²) in [5.41, 5.74) is 0.422. The second kappa shape index (κ2) is 9.22. The van der Waals surface area contributed by atoms with E-state index in [1.54, 1.807) is 0 Å². The van der Waals surface area contributed by atoms with Crippen LogP contribution in [0.5, 0.6) is 0 Å². The third kappa shape index (κ3) is 5.70. The molecule has 1 aromatic rings. The van der Waals surface area contributed by atoms with Crippen molar-refractivity contribution < 1.29 is 4.79 Å². The maximum Gasteiger partial charge on any atom is 0.230 e. The molecule has 0 aliphatic heterocycles. The van der Waals surface area contributed by atoms with Crippen LogP contribution >= 0.6 is 24.0 Å². The Morgan fingerprint density at radius 1 is 1.15 bits per heavy atom. The van der Waals surface area contributed by atoms with Gasteiger partial charge in [0, 0.05) is 18.1 Å². The van der Waals surface area contributed by atoms with Gasteiger partial charge in [-0.1, -0.05) is 30.7 Å². The van der Waals surface area contributed by atoms with Crippen molar-refractivity contribution in [1.29, 1.82) is 0 Å². The highest BCUT2D eigenvalue weighted by molar-refractivity contribution is 6.30. The fraction of sp³-hybridized carbons (Fsp3) is 0.533. The van der Waals surface area contributed by atoms with E-state index in [1.807, 2.05) is 38.1 Å². The number of rotatable bonds is 7. The first-order valence-electron chi connectivity index (χ1n) is 6.73. The van der Waals surface area contributed by atoms with Crippen LogP contribution in [0.1, 0.15) is 32.8 Å². The smallest absolute Gasteiger partial charge is 0.230 e. The predicted molar refractivity (Wildman–Crippen MR) is 87.9 cm³/mol. The van der Waals surface area contributed by atoms with Crippen molar-refractivity contribution in [3.8, 4) is 0 Å². The number of amides is 1. The molecule has 0 aliphatic rings. The van der Waals surface area contributed by atoms with Crippen molar-refractivity contribution in [2.75, 3.05) is 19.6 Å². The van der Waals surface area contributed by atoms with Gasteiger partial charge in [0.2, 0.25) is 5.91 Å². The van der Waals surface area contributed by atoms with Crippen LogP contribution in [-0.4, -0.2) is 25.5 Å². The molecule has 0 heterocycles. The second-order valence-electron chi connectivity index (χ2n) is 5.14. The number of hydrogen-bond donors (Lipinski definition) is 2. The van der Waals surface area contributed by atoms with E-state index in [-0.39, 0.29) is 18.3 Å². The molecule has 114 valence electrons. The minimum Gasteiger partial charge on any atom is -0.354 e. The molecule has 0 aromatic heterocycles. The molecule has 0 fully saturated rings. The number of halogens is 2. The van der Waals surface area contributed by atoms with Crippen LogP contribution in [0.2, 0.25) is 5.02 Å². The zero-order chi connectivity index (χ0) is 14.3. The summed E-state index contributed by atoms with van der Waals surface area (Å²) in [6.07, 6.45) is 1.10. The lowest BCUT2D eigenvalue weighted by Crippen LogP contribution is -2.42. The molecule has 0 spiro atoms. The predicted octanol–water partition coefficient (Wildman–Crippen LogP) is 3.16. The van der Waals surface area contributed by atoms with Gasteiger partial charge in [-0.05, 0) is 44.5 Å². The summed E-state index contributed by atoms with van der Waals surface area (Å²) in [5, 5.41) is 6.90. The van der Waals surface area contributed by atoms with Crippen LogP contribution in [0.3, 0.4) is 0 Å². The molecule has 5 heteroatoms. The monoisotopic (exact) mass is 318 g/mol. The molecule has 0 saturated heterocycles. The number of carbonyl (C=O) groups is 1. The molecular formula is C15H24Cl2N2O. The largest absolute Gasteiger partial charge is 0.354 e. The molecule has 0 bridgehead atoms. The van der Waals surface area contributed by atoms with Gasteiger partial charge in [-0.25, -0.2) is 0 Å². The summed E-state index contributed by atoms with van der Waals surface area (Å²) < 4.78 is 0. The van der Waals surface area contributed by atoms with Crippen LogP contribution < -0.4 is 10.6 Å². The Bertz CT molecular complexity index is 405. The molecule has 3 nitrogen and oxygen atoms in total. The van der Waals surface area contributed by atoms with Crippen molar-refractivity contribution in [3.05, 3.63) is 34.9 Å². The maximum atomic E-state index is 12.2. The molecule has 1 aromatic carbocycles. The van der Waals surface area contributed by atoms with Crippen LogP contribution in [0.25, 0.3) is 0 Å². The lowest BCUT2D eigenvalue weighted by molar-refractivity contribution is -0.125. The molecule has 1 rings (SSSR count). The normalized spacial score (nSPS) is 10.8. The third-order valence-electron chi connectivity index (χ3n) is 3.15. The van der Waals surface area contributed by atoms with E-state index < -0.39 is 5.41 Å². The second-order valence-corrected chi connectivity index (χ2v) is 5.57. The summed E-state index contributed by atoms with van der Waals surface area (Å²) in [5.74, 6) is 0.0353. The third-order valence-corrected chi connectivity index (χ3v) is 3.40. The highest BCUT2D eigenvalue weighted by Crippen LogP contribution is 2.24. The quantitative estimate of drug-likeness (QED) is 0.758. The summed E-state index contributed by atoms with van der Waals surface area (Å²) in [6.45, 7) is 8.40. The minimum absolute atomic E-state index is 0. The van der Waals surface area contributed by atoms with Gasteiger partial charge < -0.3 is 10.6 Å². The summed E-state index contributed by atoms with van der Waals surface area (Å²) in [7, 11) is 0. The molecular weight excluding hydrogens is 295 g/mol.